The number of halogens is 1. The number of nitrogens with zero attached hydrogens (tertiary/aromatic N) is 1. The lowest BCUT2D eigenvalue weighted by molar-refractivity contribution is 0.403. The van der Waals surface area contributed by atoms with Crippen molar-refractivity contribution in [3.05, 3.63) is 30.3 Å². The van der Waals surface area contributed by atoms with Gasteiger partial charge in [0.1, 0.15) is 5.82 Å². The first-order valence-corrected chi connectivity index (χ1v) is 6.33. The monoisotopic (exact) mass is 248 g/mol. The molecular formula is C14H17FN2O. The molecule has 1 aliphatic rings. The Labute approximate surface area is 106 Å². The van der Waals surface area contributed by atoms with Gasteiger partial charge in [-0.3, -0.25) is 0 Å². The van der Waals surface area contributed by atoms with Gasteiger partial charge in [-0.2, -0.15) is 0 Å². The van der Waals surface area contributed by atoms with Crippen LogP contribution in [-0.2, 0) is 0 Å². The van der Waals surface area contributed by atoms with E-state index in [4.69, 9.17) is 4.42 Å². The van der Waals surface area contributed by atoms with Gasteiger partial charge in [-0.15, -0.1) is 0 Å². The molecular weight excluding hydrogens is 231 g/mol. The summed E-state index contributed by atoms with van der Waals surface area (Å²) in [4.78, 5) is 2.22. The number of benzene rings is 1. The number of hydrogen-bond donors (Lipinski definition) is 1. The topological polar surface area (TPSA) is 28.4 Å². The molecule has 0 aliphatic carbocycles. The number of rotatable bonds is 1. The van der Waals surface area contributed by atoms with Crippen LogP contribution in [0, 0.1) is 5.82 Å². The van der Waals surface area contributed by atoms with Crippen molar-refractivity contribution in [2.45, 2.75) is 25.9 Å². The zero-order chi connectivity index (χ0) is 12.7. The van der Waals surface area contributed by atoms with E-state index in [1.165, 1.54) is 6.07 Å². The standard InChI is InChI=1S/C14H17FN2O/c1-9-10(2)17(5-4-16-9)13-8-12(15)7-11-3-6-18-14(11)13/h3,6-10,16H,4-5H2,1-2H3/t9-,10+/m0/s1. The van der Waals surface area contributed by atoms with Crippen LogP contribution in [0.15, 0.2) is 28.9 Å². The molecule has 1 aliphatic heterocycles. The predicted octanol–water partition coefficient (Wildman–Crippen LogP) is 2.76. The maximum absolute atomic E-state index is 13.7. The van der Waals surface area contributed by atoms with Gasteiger partial charge in [0.05, 0.1) is 12.0 Å². The number of piperazine rings is 1. The number of fused-ring (bicyclic) bond motifs is 1. The SMILES string of the molecule is C[C@@H]1NCCN(c2cc(F)cc3ccoc23)[C@@H]1C. The molecule has 1 N–H and O–H groups in total. The summed E-state index contributed by atoms with van der Waals surface area (Å²) >= 11 is 0. The second kappa shape index (κ2) is 4.28. The first-order valence-electron chi connectivity index (χ1n) is 6.33. The van der Waals surface area contributed by atoms with Gasteiger partial charge < -0.3 is 14.6 Å². The third-order valence-corrected chi connectivity index (χ3v) is 3.84. The molecule has 96 valence electrons. The fourth-order valence-electron chi connectivity index (χ4n) is 2.64. The van der Waals surface area contributed by atoms with Gasteiger partial charge in [0.15, 0.2) is 5.58 Å². The minimum Gasteiger partial charge on any atom is -0.462 e. The Morgan fingerprint density at radius 2 is 2.22 bits per heavy atom. The normalized spacial score (nSPS) is 24.7. The van der Waals surface area contributed by atoms with Crippen molar-refractivity contribution in [3.8, 4) is 0 Å². The van der Waals surface area contributed by atoms with Crippen molar-refractivity contribution in [1.82, 2.24) is 5.32 Å². The Morgan fingerprint density at radius 3 is 3.06 bits per heavy atom. The lowest BCUT2D eigenvalue weighted by atomic mass is 10.1. The van der Waals surface area contributed by atoms with E-state index < -0.39 is 0 Å². The average molecular weight is 248 g/mol. The second-order valence-corrected chi connectivity index (χ2v) is 4.94. The van der Waals surface area contributed by atoms with E-state index in [1.807, 2.05) is 0 Å². The van der Waals surface area contributed by atoms with Gasteiger partial charge in [-0.25, -0.2) is 4.39 Å². The summed E-state index contributed by atoms with van der Waals surface area (Å²) in [6.45, 7) is 6.07. The van der Waals surface area contributed by atoms with Gasteiger partial charge in [-0.05, 0) is 26.0 Å². The molecule has 0 bridgehead atoms. The van der Waals surface area contributed by atoms with Crippen LogP contribution < -0.4 is 10.2 Å². The molecule has 1 aromatic heterocycles. The molecule has 0 unspecified atom stereocenters. The maximum atomic E-state index is 13.7. The van der Waals surface area contributed by atoms with Crippen molar-refractivity contribution in [1.29, 1.82) is 0 Å². The summed E-state index contributed by atoms with van der Waals surface area (Å²) in [7, 11) is 0. The maximum Gasteiger partial charge on any atom is 0.157 e. The Hall–Kier alpha value is -1.55. The Balaban J connectivity index is 2.10. The van der Waals surface area contributed by atoms with Crippen molar-refractivity contribution in [3.63, 3.8) is 0 Å². The smallest absolute Gasteiger partial charge is 0.157 e. The molecule has 1 saturated heterocycles. The number of hydrogen-bond acceptors (Lipinski definition) is 3. The quantitative estimate of drug-likeness (QED) is 0.841. The van der Waals surface area contributed by atoms with Crippen molar-refractivity contribution in [2.75, 3.05) is 18.0 Å². The summed E-state index contributed by atoms with van der Waals surface area (Å²) in [6, 6.07) is 5.58. The summed E-state index contributed by atoms with van der Waals surface area (Å²) in [5.41, 5.74) is 1.63. The van der Waals surface area contributed by atoms with Gasteiger partial charge in [-0.1, -0.05) is 0 Å². The Morgan fingerprint density at radius 1 is 1.39 bits per heavy atom. The fourth-order valence-corrected chi connectivity index (χ4v) is 2.64. The van der Waals surface area contributed by atoms with Crippen LogP contribution in [0.3, 0.4) is 0 Å². The van der Waals surface area contributed by atoms with Crippen LogP contribution in [-0.4, -0.2) is 25.2 Å². The Bertz CT molecular complexity index is 566. The largest absolute Gasteiger partial charge is 0.462 e. The highest BCUT2D eigenvalue weighted by Gasteiger charge is 2.26. The lowest BCUT2D eigenvalue weighted by Crippen LogP contribution is -2.55. The molecule has 2 aromatic rings. The minimum absolute atomic E-state index is 0.211. The van der Waals surface area contributed by atoms with E-state index in [2.05, 4.69) is 24.1 Å². The molecule has 1 fully saturated rings. The third-order valence-electron chi connectivity index (χ3n) is 3.84. The van der Waals surface area contributed by atoms with Gasteiger partial charge in [0, 0.05) is 36.6 Å². The van der Waals surface area contributed by atoms with Crippen LogP contribution in [0.1, 0.15) is 13.8 Å². The van der Waals surface area contributed by atoms with Crippen LogP contribution in [0.5, 0.6) is 0 Å². The lowest BCUT2D eigenvalue weighted by Gasteiger charge is -2.40. The van der Waals surface area contributed by atoms with Gasteiger partial charge in [0.2, 0.25) is 0 Å². The predicted molar refractivity (Wildman–Crippen MR) is 70.4 cm³/mol. The van der Waals surface area contributed by atoms with Crippen molar-refractivity contribution < 1.29 is 8.81 Å². The third kappa shape index (κ3) is 1.77. The van der Waals surface area contributed by atoms with E-state index in [0.717, 1.165) is 29.7 Å². The molecule has 18 heavy (non-hydrogen) atoms. The van der Waals surface area contributed by atoms with Gasteiger partial charge >= 0.3 is 0 Å². The van der Waals surface area contributed by atoms with Crippen LogP contribution in [0.25, 0.3) is 11.0 Å². The summed E-state index contributed by atoms with van der Waals surface area (Å²) < 4.78 is 19.2. The highest BCUT2D eigenvalue weighted by molar-refractivity contribution is 5.89. The van der Waals surface area contributed by atoms with Crippen LogP contribution >= 0.6 is 0 Å². The fraction of sp³-hybridized carbons (Fsp3) is 0.429. The molecule has 2 heterocycles. The summed E-state index contributed by atoms with van der Waals surface area (Å²) in [5, 5.41) is 4.24. The molecule has 0 amide bonds. The molecule has 2 atom stereocenters. The molecule has 0 saturated carbocycles. The minimum atomic E-state index is -0.211. The van der Waals surface area contributed by atoms with Gasteiger partial charge in [0.25, 0.3) is 0 Å². The van der Waals surface area contributed by atoms with E-state index in [-0.39, 0.29) is 5.82 Å². The summed E-state index contributed by atoms with van der Waals surface area (Å²) in [6.07, 6.45) is 1.61. The summed E-state index contributed by atoms with van der Waals surface area (Å²) in [5.74, 6) is -0.211. The highest BCUT2D eigenvalue weighted by atomic mass is 19.1. The van der Waals surface area contributed by atoms with E-state index in [1.54, 1.807) is 18.4 Å². The first-order chi connectivity index (χ1) is 8.66. The van der Waals surface area contributed by atoms with Crippen molar-refractivity contribution >= 4 is 16.7 Å². The van der Waals surface area contributed by atoms with Crippen LogP contribution in [0.4, 0.5) is 10.1 Å². The second-order valence-electron chi connectivity index (χ2n) is 4.94. The van der Waals surface area contributed by atoms with E-state index in [9.17, 15) is 4.39 Å². The molecule has 0 spiro atoms. The number of nitrogens with one attached hydrogen (secondary N) is 1. The zero-order valence-corrected chi connectivity index (χ0v) is 10.6. The molecule has 0 radical (unpaired) electrons. The number of furan rings is 1. The molecule has 3 nitrogen and oxygen atoms in total. The molecule has 3 rings (SSSR count). The number of anilines is 1. The zero-order valence-electron chi connectivity index (χ0n) is 10.6. The average Bonchev–Trinajstić information content (AvgIpc) is 2.79. The first kappa shape index (κ1) is 11.5. The van der Waals surface area contributed by atoms with Crippen LogP contribution in [0.2, 0.25) is 0 Å². The van der Waals surface area contributed by atoms with Crippen molar-refractivity contribution in [2.24, 2.45) is 0 Å². The molecule has 1 aromatic carbocycles. The van der Waals surface area contributed by atoms with E-state index >= 15 is 0 Å². The van der Waals surface area contributed by atoms with E-state index in [0.29, 0.717) is 12.1 Å². The highest BCUT2D eigenvalue weighted by Crippen LogP contribution is 2.31. The molecule has 4 heteroatoms. The Kier molecular flexibility index (Phi) is 2.74.